The first kappa shape index (κ1) is 25.7. The van der Waals surface area contributed by atoms with Gasteiger partial charge in [0.15, 0.2) is 11.5 Å². The van der Waals surface area contributed by atoms with E-state index in [0.717, 1.165) is 12.0 Å². The smallest absolute Gasteiger partial charge is 0.345 e. The van der Waals surface area contributed by atoms with E-state index in [9.17, 15) is 14.4 Å². The highest BCUT2D eigenvalue weighted by Crippen LogP contribution is 2.30. The first-order valence-electron chi connectivity index (χ1n) is 10.4. The quantitative estimate of drug-likeness (QED) is 0.154. The number of halogens is 2. The maximum atomic E-state index is 12.5. The van der Waals surface area contributed by atoms with E-state index in [4.69, 9.17) is 32.7 Å². The minimum absolute atomic E-state index is 0.144. The third-order valence-corrected chi connectivity index (χ3v) is 5.30. The summed E-state index contributed by atoms with van der Waals surface area (Å²) in [6.07, 6.45) is 2.18. The Morgan fingerprint density at radius 2 is 1.69 bits per heavy atom. The van der Waals surface area contributed by atoms with Crippen molar-refractivity contribution in [1.29, 1.82) is 0 Å². The maximum Gasteiger partial charge on any atom is 0.345 e. The van der Waals surface area contributed by atoms with Gasteiger partial charge < -0.3 is 14.8 Å². The van der Waals surface area contributed by atoms with Gasteiger partial charge in [-0.3, -0.25) is 9.59 Å². The topological polar surface area (TPSA) is 106 Å². The van der Waals surface area contributed by atoms with Crippen LogP contribution in [0, 0.1) is 0 Å². The number of rotatable bonds is 7. The van der Waals surface area contributed by atoms with E-state index in [1.807, 2.05) is 19.1 Å². The van der Waals surface area contributed by atoms with E-state index < -0.39 is 17.8 Å². The third-order valence-electron chi connectivity index (χ3n) is 4.75. The molecule has 2 amide bonds. The van der Waals surface area contributed by atoms with E-state index in [2.05, 4.69) is 15.8 Å². The SMILES string of the molecule is CCc1ccc(NC(=O)C(=O)N/N=C/c2ccc(OC(=O)c3ccc(Cl)cc3Cl)c(OC)c2)cc1. The number of esters is 1. The van der Waals surface area contributed by atoms with Crippen LogP contribution in [0.4, 0.5) is 5.69 Å². The Morgan fingerprint density at radius 1 is 0.943 bits per heavy atom. The molecule has 3 aromatic carbocycles. The first-order chi connectivity index (χ1) is 16.8. The summed E-state index contributed by atoms with van der Waals surface area (Å²) in [6, 6.07) is 16.2. The van der Waals surface area contributed by atoms with Crippen molar-refractivity contribution in [3.63, 3.8) is 0 Å². The number of aryl methyl sites for hydroxylation is 1. The number of carbonyl (C=O) groups is 3. The Kier molecular flexibility index (Phi) is 8.83. The number of nitrogens with zero attached hydrogens (tertiary/aromatic N) is 1. The molecule has 2 N–H and O–H groups in total. The Bertz CT molecular complexity index is 1280. The van der Waals surface area contributed by atoms with Crippen LogP contribution in [-0.2, 0) is 16.0 Å². The fourth-order valence-corrected chi connectivity index (χ4v) is 3.37. The minimum Gasteiger partial charge on any atom is -0.493 e. The van der Waals surface area contributed by atoms with Crippen molar-refractivity contribution in [2.24, 2.45) is 5.10 Å². The molecule has 0 unspecified atom stereocenters. The zero-order chi connectivity index (χ0) is 25.4. The maximum absolute atomic E-state index is 12.5. The Labute approximate surface area is 211 Å². The molecule has 0 aromatic heterocycles. The normalized spacial score (nSPS) is 10.6. The number of anilines is 1. The van der Waals surface area contributed by atoms with Gasteiger partial charge in [0.1, 0.15) is 0 Å². The highest BCUT2D eigenvalue weighted by molar-refractivity contribution is 6.39. The number of nitrogens with one attached hydrogen (secondary N) is 2. The molecule has 180 valence electrons. The fraction of sp³-hybridized carbons (Fsp3) is 0.120. The van der Waals surface area contributed by atoms with Gasteiger partial charge in [0.25, 0.3) is 0 Å². The molecule has 0 saturated carbocycles. The highest BCUT2D eigenvalue weighted by atomic mass is 35.5. The van der Waals surface area contributed by atoms with Gasteiger partial charge in [-0.2, -0.15) is 5.10 Å². The molecule has 3 aromatic rings. The Morgan fingerprint density at radius 3 is 2.34 bits per heavy atom. The number of benzene rings is 3. The predicted octanol–water partition coefficient (Wildman–Crippen LogP) is 4.87. The van der Waals surface area contributed by atoms with E-state index in [1.54, 1.807) is 18.2 Å². The molecule has 0 fully saturated rings. The van der Waals surface area contributed by atoms with Crippen LogP contribution in [0.2, 0.25) is 10.0 Å². The van der Waals surface area contributed by atoms with Gasteiger partial charge in [-0.1, -0.05) is 42.3 Å². The lowest BCUT2D eigenvalue weighted by Gasteiger charge is -2.10. The van der Waals surface area contributed by atoms with E-state index >= 15 is 0 Å². The van der Waals surface area contributed by atoms with Crippen molar-refractivity contribution in [3.8, 4) is 11.5 Å². The van der Waals surface area contributed by atoms with E-state index in [1.165, 1.54) is 43.7 Å². The van der Waals surface area contributed by atoms with Crippen molar-refractivity contribution in [1.82, 2.24) is 5.43 Å². The van der Waals surface area contributed by atoms with Crippen LogP contribution < -0.4 is 20.2 Å². The number of carbonyl (C=O) groups excluding carboxylic acids is 3. The summed E-state index contributed by atoms with van der Waals surface area (Å²) in [5.74, 6) is -2.08. The lowest BCUT2D eigenvalue weighted by atomic mass is 10.1. The van der Waals surface area contributed by atoms with Crippen molar-refractivity contribution >= 4 is 52.9 Å². The Balaban J connectivity index is 1.60. The summed E-state index contributed by atoms with van der Waals surface area (Å²) >= 11 is 11.9. The lowest BCUT2D eigenvalue weighted by Crippen LogP contribution is -2.32. The van der Waals surface area contributed by atoms with Crippen molar-refractivity contribution < 1.29 is 23.9 Å². The third kappa shape index (κ3) is 7.05. The van der Waals surface area contributed by atoms with Crippen LogP contribution in [-0.4, -0.2) is 31.1 Å². The molecule has 0 atom stereocenters. The lowest BCUT2D eigenvalue weighted by molar-refractivity contribution is -0.136. The van der Waals surface area contributed by atoms with Crippen LogP contribution in [0.3, 0.4) is 0 Å². The summed E-state index contributed by atoms with van der Waals surface area (Å²) in [4.78, 5) is 36.5. The van der Waals surface area contributed by atoms with Crippen LogP contribution >= 0.6 is 23.2 Å². The van der Waals surface area contributed by atoms with Gasteiger partial charge in [0, 0.05) is 10.7 Å². The van der Waals surface area contributed by atoms with Crippen LogP contribution in [0.15, 0.2) is 65.8 Å². The number of methoxy groups -OCH3 is 1. The molecule has 0 radical (unpaired) electrons. The van der Waals surface area contributed by atoms with Gasteiger partial charge in [0.2, 0.25) is 0 Å². The number of amides is 2. The van der Waals surface area contributed by atoms with Gasteiger partial charge in [-0.15, -0.1) is 0 Å². The molecule has 0 aliphatic heterocycles. The molecule has 0 aliphatic carbocycles. The van der Waals surface area contributed by atoms with Crippen molar-refractivity contribution in [3.05, 3.63) is 87.4 Å². The van der Waals surface area contributed by atoms with Crippen LogP contribution in [0.1, 0.15) is 28.4 Å². The largest absolute Gasteiger partial charge is 0.493 e. The molecule has 8 nitrogen and oxygen atoms in total. The summed E-state index contributed by atoms with van der Waals surface area (Å²) in [7, 11) is 1.40. The number of hydrogen-bond donors (Lipinski definition) is 2. The first-order valence-corrected chi connectivity index (χ1v) is 11.1. The number of ether oxygens (including phenoxy) is 2. The minimum atomic E-state index is -0.932. The number of hydrogen-bond acceptors (Lipinski definition) is 6. The average Bonchev–Trinajstić information content (AvgIpc) is 2.85. The molecular formula is C25H21Cl2N3O5. The molecule has 0 heterocycles. The molecule has 0 aliphatic rings. The summed E-state index contributed by atoms with van der Waals surface area (Å²) < 4.78 is 10.7. The van der Waals surface area contributed by atoms with Gasteiger partial charge in [0.05, 0.1) is 23.9 Å². The average molecular weight is 514 g/mol. The molecule has 10 heteroatoms. The Hall–Kier alpha value is -3.88. The second kappa shape index (κ2) is 12.0. The molecule has 0 bridgehead atoms. The molecular weight excluding hydrogens is 493 g/mol. The molecule has 0 spiro atoms. The molecule has 0 saturated heterocycles. The fourth-order valence-electron chi connectivity index (χ4n) is 2.89. The van der Waals surface area contributed by atoms with Gasteiger partial charge in [-0.05, 0) is 66.1 Å². The monoisotopic (exact) mass is 513 g/mol. The van der Waals surface area contributed by atoms with Crippen molar-refractivity contribution in [2.75, 3.05) is 12.4 Å². The highest BCUT2D eigenvalue weighted by Gasteiger charge is 2.16. The van der Waals surface area contributed by atoms with Crippen LogP contribution in [0.25, 0.3) is 0 Å². The zero-order valence-electron chi connectivity index (χ0n) is 18.8. The van der Waals surface area contributed by atoms with Crippen LogP contribution in [0.5, 0.6) is 11.5 Å². The summed E-state index contributed by atoms with van der Waals surface area (Å²) in [5.41, 5.74) is 4.43. The number of hydrazone groups is 1. The predicted molar refractivity (Wildman–Crippen MR) is 135 cm³/mol. The molecule has 3 rings (SSSR count). The second-order valence-electron chi connectivity index (χ2n) is 7.13. The van der Waals surface area contributed by atoms with Gasteiger partial charge in [-0.25, -0.2) is 10.2 Å². The molecule has 35 heavy (non-hydrogen) atoms. The summed E-state index contributed by atoms with van der Waals surface area (Å²) in [5, 5.41) is 6.83. The van der Waals surface area contributed by atoms with E-state index in [0.29, 0.717) is 16.3 Å². The van der Waals surface area contributed by atoms with Gasteiger partial charge >= 0.3 is 17.8 Å². The standard InChI is InChI=1S/C25H21Cl2N3O5/c1-3-15-4-8-18(9-5-15)29-23(31)24(32)30-28-14-16-6-11-21(22(12-16)34-2)35-25(33)19-10-7-17(26)13-20(19)27/h4-14H,3H2,1-2H3,(H,29,31)(H,30,32)/b28-14+. The zero-order valence-corrected chi connectivity index (χ0v) is 20.3. The second-order valence-corrected chi connectivity index (χ2v) is 7.97. The summed E-state index contributed by atoms with van der Waals surface area (Å²) in [6.45, 7) is 2.02. The van der Waals surface area contributed by atoms with E-state index in [-0.39, 0.29) is 22.1 Å². The van der Waals surface area contributed by atoms with Crippen molar-refractivity contribution in [2.45, 2.75) is 13.3 Å².